The first kappa shape index (κ1) is 11.8. The molecule has 0 heterocycles. The van der Waals surface area contributed by atoms with Crippen molar-refractivity contribution in [2.24, 2.45) is 0 Å². The van der Waals surface area contributed by atoms with Crippen molar-refractivity contribution >= 4 is 16.5 Å². The minimum absolute atomic E-state index is 0.0835. The van der Waals surface area contributed by atoms with Crippen LogP contribution in [-0.2, 0) is 0 Å². The lowest BCUT2D eigenvalue weighted by molar-refractivity contribution is 0.415. The maximum atomic E-state index is 5.22. The van der Waals surface area contributed by atoms with E-state index in [-0.39, 0.29) is 5.54 Å². The first-order valence-corrected chi connectivity index (χ1v) is 5.84. The van der Waals surface area contributed by atoms with Gasteiger partial charge in [0.05, 0.1) is 7.11 Å². The van der Waals surface area contributed by atoms with E-state index in [0.29, 0.717) is 0 Å². The molecular formula is C15H19NO. The van der Waals surface area contributed by atoms with E-state index < -0.39 is 0 Å². The lowest BCUT2D eigenvalue weighted by Crippen LogP contribution is -2.25. The number of rotatable bonds is 2. The molecule has 17 heavy (non-hydrogen) atoms. The number of hydrogen-bond acceptors (Lipinski definition) is 2. The monoisotopic (exact) mass is 229 g/mol. The molecule has 0 aliphatic heterocycles. The maximum Gasteiger partial charge on any atom is 0.119 e. The fourth-order valence-electron chi connectivity index (χ4n) is 1.86. The standard InChI is InChI=1S/C15H19NO/c1-15(2,3)16-13-7-5-12-10-14(17-4)8-6-11(12)9-13/h5-10,16H,1-4H3. The third kappa shape index (κ3) is 2.90. The summed E-state index contributed by atoms with van der Waals surface area (Å²) < 4.78 is 5.22. The minimum Gasteiger partial charge on any atom is -0.497 e. The van der Waals surface area contributed by atoms with Crippen molar-refractivity contribution in [3.63, 3.8) is 0 Å². The third-order valence-corrected chi connectivity index (χ3v) is 2.57. The zero-order chi connectivity index (χ0) is 12.5. The van der Waals surface area contributed by atoms with Crippen molar-refractivity contribution in [1.82, 2.24) is 0 Å². The number of hydrogen-bond donors (Lipinski definition) is 1. The van der Waals surface area contributed by atoms with Gasteiger partial charge < -0.3 is 10.1 Å². The van der Waals surface area contributed by atoms with Gasteiger partial charge in [-0.3, -0.25) is 0 Å². The number of fused-ring (bicyclic) bond motifs is 1. The summed E-state index contributed by atoms with van der Waals surface area (Å²) in [5.74, 6) is 0.897. The summed E-state index contributed by atoms with van der Waals surface area (Å²) in [6.45, 7) is 6.47. The van der Waals surface area contributed by atoms with Gasteiger partial charge >= 0.3 is 0 Å². The van der Waals surface area contributed by atoms with Gasteiger partial charge in [0.25, 0.3) is 0 Å². The van der Waals surface area contributed by atoms with E-state index in [2.05, 4.69) is 56.4 Å². The Kier molecular flexibility index (Phi) is 2.97. The quantitative estimate of drug-likeness (QED) is 0.838. The first-order valence-electron chi connectivity index (χ1n) is 5.84. The molecule has 0 fully saturated rings. The van der Waals surface area contributed by atoms with Gasteiger partial charge in [0, 0.05) is 11.2 Å². The van der Waals surface area contributed by atoms with E-state index in [0.717, 1.165) is 11.4 Å². The lowest BCUT2D eigenvalue weighted by Gasteiger charge is -2.22. The molecule has 0 radical (unpaired) electrons. The molecule has 0 bridgehead atoms. The van der Waals surface area contributed by atoms with Crippen LogP contribution in [0.2, 0.25) is 0 Å². The second-order valence-electron chi connectivity index (χ2n) is 5.30. The number of anilines is 1. The lowest BCUT2D eigenvalue weighted by atomic mass is 10.1. The average molecular weight is 229 g/mol. The second kappa shape index (κ2) is 4.28. The molecule has 0 amide bonds. The van der Waals surface area contributed by atoms with Crippen LogP contribution in [0, 0.1) is 0 Å². The van der Waals surface area contributed by atoms with E-state index in [9.17, 15) is 0 Å². The zero-order valence-corrected chi connectivity index (χ0v) is 10.9. The molecule has 0 aliphatic rings. The van der Waals surface area contributed by atoms with Gasteiger partial charge in [-0.05, 0) is 55.8 Å². The number of ether oxygens (including phenoxy) is 1. The molecular weight excluding hydrogens is 210 g/mol. The zero-order valence-electron chi connectivity index (χ0n) is 10.9. The largest absolute Gasteiger partial charge is 0.497 e. The SMILES string of the molecule is COc1ccc2cc(NC(C)(C)C)ccc2c1. The molecule has 0 atom stereocenters. The van der Waals surface area contributed by atoms with E-state index in [1.54, 1.807) is 7.11 Å². The summed E-state index contributed by atoms with van der Waals surface area (Å²) in [4.78, 5) is 0. The number of methoxy groups -OCH3 is 1. The van der Waals surface area contributed by atoms with Gasteiger partial charge in [-0.15, -0.1) is 0 Å². The predicted molar refractivity (Wildman–Crippen MR) is 73.9 cm³/mol. The molecule has 2 aromatic carbocycles. The van der Waals surface area contributed by atoms with Gasteiger partial charge in [-0.1, -0.05) is 12.1 Å². The minimum atomic E-state index is 0.0835. The molecule has 1 N–H and O–H groups in total. The Morgan fingerprint density at radius 2 is 1.59 bits per heavy atom. The summed E-state index contributed by atoms with van der Waals surface area (Å²) in [5.41, 5.74) is 1.23. The smallest absolute Gasteiger partial charge is 0.119 e. The van der Waals surface area contributed by atoms with Crippen molar-refractivity contribution < 1.29 is 4.74 Å². The van der Waals surface area contributed by atoms with Gasteiger partial charge in [-0.25, -0.2) is 0 Å². The van der Waals surface area contributed by atoms with Crippen molar-refractivity contribution in [2.75, 3.05) is 12.4 Å². The molecule has 2 heteroatoms. The summed E-state index contributed by atoms with van der Waals surface area (Å²) in [6.07, 6.45) is 0. The van der Waals surface area contributed by atoms with Gasteiger partial charge in [0.1, 0.15) is 5.75 Å². The van der Waals surface area contributed by atoms with Crippen LogP contribution in [-0.4, -0.2) is 12.6 Å². The van der Waals surface area contributed by atoms with Crippen LogP contribution < -0.4 is 10.1 Å². The van der Waals surface area contributed by atoms with Gasteiger partial charge in [-0.2, -0.15) is 0 Å². The van der Waals surface area contributed by atoms with E-state index in [1.807, 2.05) is 6.07 Å². The van der Waals surface area contributed by atoms with Gasteiger partial charge in [0.2, 0.25) is 0 Å². The van der Waals surface area contributed by atoms with E-state index in [1.165, 1.54) is 10.8 Å². The molecule has 0 unspecified atom stereocenters. The number of benzene rings is 2. The van der Waals surface area contributed by atoms with Crippen molar-refractivity contribution in [3.05, 3.63) is 36.4 Å². The van der Waals surface area contributed by atoms with Crippen LogP contribution in [0.4, 0.5) is 5.69 Å². The fourth-order valence-corrected chi connectivity index (χ4v) is 1.86. The van der Waals surface area contributed by atoms with Crippen LogP contribution in [0.5, 0.6) is 5.75 Å². The topological polar surface area (TPSA) is 21.3 Å². The van der Waals surface area contributed by atoms with Gasteiger partial charge in [0.15, 0.2) is 0 Å². The molecule has 0 aliphatic carbocycles. The van der Waals surface area contributed by atoms with Crippen LogP contribution in [0.1, 0.15) is 20.8 Å². The Bertz CT molecular complexity index is 526. The molecule has 0 saturated carbocycles. The van der Waals surface area contributed by atoms with Crippen molar-refractivity contribution in [2.45, 2.75) is 26.3 Å². The molecule has 2 aromatic rings. The Labute approximate surface area is 103 Å². The summed E-state index contributed by atoms with van der Waals surface area (Å²) in [5, 5.41) is 5.89. The molecule has 0 aromatic heterocycles. The molecule has 2 rings (SSSR count). The van der Waals surface area contributed by atoms with Crippen molar-refractivity contribution in [3.8, 4) is 5.75 Å². The van der Waals surface area contributed by atoms with Crippen LogP contribution in [0.3, 0.4) is 0 Å². The normalized spacial score (nSPS) is 11.5. The summed E-state index contributed by atoms with van der Waals surface area (Å²) in [6, 6.07) is 12.5. The van der Waals surface area contributed by atoms with Crippen LogP contribution in [0.15, 0.2) is 36.4 Å². The Morgan fingerprint density at radius 1 is 0.941 bits per heavy atom. The number of nitrogens with one attached hydrogen (secondary N) is 1. The highest BCUT2D eigenvalue weighted by Crippen LogP contribution is 2.25. The van der Waals surface area contributed by atoms with Crippen LogP contribution in [0.25, 0.3) is 10.8 Å². The molecule has 0 spiro atoms. The first-order chi connectivity index (χ1) is 7.98. The fraction of sp³-hybridized carbons (Fsp3) is 0.333. The summed E-state index contributed by atoms with van der Waals surface area (Å²) in [7, 11) is 1.69. The Morgan fingerprint density at radius 3 is 2.24 bits per heavy atom. The highest BCUT2D eigenvalue weighted by molar-refractivity contribution is 5.87. The second-order valence-corrected chi connectivity index (χ2v) is 5.30. The van der Waals surface area contributed by atoms with Crippen LogP contribution >= 0.6 is 0 Å². The molecule has 0 saturated heterocycles. The highest BCUT2D eigenvalue weighted by atomic mass is 16.5. The highest BCUT2D eigenvalue weighted by Gasteiger charge is 2.09. The molecule has 90 valence electrons. The van der Waals surface area contributed by atoms with Crippen molar-refractivity contribution in [1.29, 1.82) is 0 Å². The van der Waals surface area contributed by atoms with E-state index >= 15 is 0 Å². The summed E-state index contributed by atoms with van der Waals surface area (Å²) >= 11 is 0. The average Bonchev–Trinajstić information content (AvgIpc) is 2.26. The maximum absolute atomic E-state index is 5.22. The Hall–Kier alpha value is -1.70. The predicted octanol–water partition coefficient (Wildman–Crippen LogP) is 4.06. The van der Waals surface area contributed by atoms with E-state index in [4.69, 9.17) is 4.74 Å². The molecule has 2 nitrogen and oxygen atoms in total. The third-order valence-electron chi connectivity index (χ3n) is 2.57. The Balaban J connectivity index is 2.38.